The van der Waals surface area contributed by atoms with Crippen molar-refractivity contribution in [3.63, 3.8) is 0 Å². The average Bonchev–Trinajstić information content (AvgIpc) is 2.74. The fourth-order valence-corrected chi connectivity index (χ4v) is 3.59. The van der Waals surface area contributed by atoms with Crippen molar-refractivity contribution in [1.82, 2.24) is 10.2 Å². The Kier molecular flexibility index (Phi) is 10.4. The molecule has 0 bridgehead atoms. The second-order valence-corrected chi connectivity index (χ2v) is 7.55. The van der Waals surface area contributed by atoms with E-state index in [-0.39, 0.29) is 50.8 Å². The van der Waals surface area contributed by atoms with Gasteiger partial charge in [0.1, 0.15) is 5.78 Å². The predicted octanol–water partition coefficient (Wildman–Crippen LogP) is 2.73. The van der Waals surface area contributed by atoms with Crippen LogP contribution in [0.2, 0.25) is 0 Å². The maximum Gasteiger partial charge on any atom is 0.303 e. The number of amides is 1. The number of nitrogens with one attached hydrogen (secondary N) is 1. The Morgan fingerprint density at radius 2 is 1.71 bits per heavy atom. The van der Waals surface area contributed by atoms with Crippen LogP contribution in [0.15, 0.2) is 48.5 Å². The number of hydrogen-bond acceptors (Lipinski definition) is 4. The van der Waals surface area contributed by atoms with Crippen LogP contribution in [0, 0.1) is 6.54 Å². The van der Waals surface area contributed by atoms with Gasteiger partial charge in [-0.25, -0.2) is 6.54 Å². The van der Waals surface area contributed by atoms with Gasteiger partial charge in [0.25, 0.3) is 0 Å². The molecule has 0 aliphatic carbocycles. The smallest absolute Gasteiger partial charge is 0.303 e. The zero-order valence-corrected chi connectivity index (χ0v) is 20.4. The Labute approximate surface area is 208 Å². The second-order valence-electron chi connectivity index (χ2n) is 7.55. The van der Waals surface area contributed by atoms with Crippen LogP contribution in [-0.4, -0.2) is 40.8 Å². The van der Waals surface area contributed by atoms with Crippen LogP contribution in [0.3, 0.4) is 0 Å². The van der Waals surface area contributed by atoms with Crippen molar-refractivity contribution in [2.75, 3.05) is 13.1 Å². The second kappa shape index (κ2) is 12.7. The third-order valence-electron chi connectivity index (χ3n) is 5.28. The molecule has 2 aromatic rings. The summed E-state index contributed by atoms with van der Waals surface area (Å²) < 4.78 is 0. The van der Waals surface area contributed by atoms with Gasteiger partial charge >= 0.3 is 5.97 Å². The van der Waals surface area contributed by atoms with Crippen LogP contribution in [0.25, 0.3) is 0 Å². The summed E-state index contributed by atoms with van der Waals surface area (Å²) in [5, 5.41) is 12.1. The van der Waals surface area contributed by atoms with Gasteiger partial charge in [0.2, 0.25) is 0 Å². The topological polar surface area (TPSA) is 86.7 Å². The van der Waals surface area contributed by atoms with Gasteiger partial charge < -0.3 is 20.1 Å². The predicted molar refractivity (Wildman–Crippen MR) is 114 cm³/mol. The molecule has 0 aromatic heterocycles. The molecule has 1 radical (unpaired) electrons. The molecule has 0 saturated carbocycles. The SMILES string of the molecule is O=C(O)CCc1ccc(Cc2ccccc2)cc1CN[CH-]C(=O)N1CCC(=O)CC1.[Y]. The maximum atomic E-state index is 12.3. The van der Waals surface area contributed by atoms with E-state index in [1.165, 1.54) is 12.1 Å². The number of hydrogen-bond donors (Lipinski definition) is 2. The van der Waals surface area contributed by atoms with E-state index in [0.29, 0.717) is 38.9 Å². The number of piperidine rings is 1. The molecule has 0 unspecified atom stereocenters. The average molecular weight is 496 g/mol. The van der Waals surface area contributed by atoms with Crippen molar-refractivity contribution in [3.05, 3.63) is 77.3 Å². The molecule has 0 spiro atoms. The molecule has 1 heterocycles. The van der Waals surface area contributed by atoms with Crippen LogP contribution in [-0.2, 0) is 66.5 Å². The largest absolute Gasteiger partial charge is 0.481 e. The van der Waals surface area contributed by atoms with Gasteiger partial charge in [-0.15, -0.1) is 0 Å². The van der Waals surface area contributed by atoms with E-state index in [4.69, 9.17) is 5.11 Å². The number of nitrogens with zero attached hydrogens (tertiary/aromatic N) is 1. The number of aryl methyl sites for hydroxylation is 1. The number of aliphatic carboxylic acids is 1. The fraction of sp³-hybridized carbons (Fsp3) is 0.333. The van der Waals surface area contributed by atoms with E-state index in [0.717, 1.165) is 23.1 Å². The Balaban J connectivity index is 0.00000341. The van der Waals surface area contributed by atoms with Gasteiger partial charge in [-0.05, 0) is 41.6 Å². The first-order valence-corrected chi connectivity index (χ1v) is 10.2. The molecule has 1 fully saturated rings. The summed E-state index contributed by atoms with van der Waals surface area (Å²) in [4.78, 5) is 36.3. The molecular weight excluding hydrogens is 469 g/mol. The third kappa shape index (κ3) is 8.21. The van der Waals surface area contributed by atoms with Crippen molar-refractivity contribution in [2.45, 2.75) is 38.6 Å². The zero-order chi connectivity index (χ0) is 21.3. The van der Waals surface area contributed by atoms with Crippen LogP contribution < -0.4 is 5.32 Å². The summed E-state index contributed by atoms with van der Waals surface area (Å²) in [7, 11) is 0. The van der Waals surface area contributed by atoms with Crippen molar-refractivity contribution in [2.24, 2.45) is 0 Å². The molecule has 31 heavy (non-hydrogen) atoms. The number of Topliss-reactive ketones (excluding diaryl/α,β-unsaturated/α-hetero) is 1. The van der Waals surface area contributed by atoms with E-state index in [9.17, 15) is 14.4 Å². The van der Waals surface area contributed by atoms with E-state index >= 15 is 0 Å². The van der Waals surface area contributed by atoms with Crippen LogP contribution in [0.4, 0.5) is 0 Å². The number of carbonyl (C=O) groups excluding carboxylic acids is 2. The molecule has 7 heteroatoms. The van der Waals surface area contributed by atoms with Crippen molar-refractivity contribution < 1.29 is 52.2 Å². The molecule has 1 saturated heterocycles. The first-order chi connectivity index (χ1) is 14.5. The van der Waals surface area contributed by atoms with Crippen molar-refractivity contribution in [1.29, 1.82) is 0 Å². The van der Waals surface area contributed by atoms with E-state index < -0.39 is 5.97 Å². The van der Waals surface area contributed by atoms with Crippen molar-refractivity contribution >= 4 is 17.7 Å². The standard InChI is InChI=1S/C24H27N2O4.Y/c27-22-10-12-26(13-11-22)23(28)17-25-16-21-15-19(14-18-4-2-1-3-5-18)6-7-20(21)8-9-24(29)30;/h1-7,15,17,25H,8-14,16H2,(H,29,30);/q-1;. The Morgan fingerprint density at radius 3 is 2.39 bits per heavy atom. The molecule has 3 rings (SSSR count). The van der Waals surface area contributed by atoms with E-state index in [1.807, 2.05) is 30.3 Å². The van der Waals surface area contributed by atoms with Crippen LogP contribution >= 0.6 is 0 Å². The summed E-state index contributed by atoms with van der Waals surface area (Å²) in [5.74, 6) is -0.760. The van der Waals surface area contributed by atoms with Gasteiger partial charge in [0.15, 0.2) is 0 Å². The van der Waals surface area contributed by atoms with Gasteiger partial charge in [-0.1, -0.05) is 48.5 Å². The van der Waals surface area contributed by atoms with Gasteiger partial charge in [0, 0.05) is 65.1 Å². The number of rotatable bonds is 9. The number of ketones is 1. The number of likely N-dealkylation sites (tertiary alicyclic amines) is 1. The first kappa shape index (κ1) is 25.2. The normalized spacial score (nSPS) is 13.4. The maximum absolute atomic E-state index is 12.3. The Morgan fingerprint density at radius 1 is 1.00 bits per heavy atom. The summed E-state index contributed by atoms with van der Waals surface area (Å²) in [6.07, 6.45) is 2.13. The molecule has 161 valence electrons. The van der Waals surface area contributed by atoms with Crippen LogP contribution in [0.1, 0.15) is 41.5 Å². The van der Waals surface area contributed by atoms with Gasteiger partial charge in [-0.3, -0.25) is 9.59 Å². The minimum absolute atomic E-state index is 0. The molecule has 2 N–H and O–H groups in total. The molecule has 1 aliphatic rings. The minimum Gasteiger partial charge on any atom is -0.481 e. The van der Waals surface area contributed by atoms with Crippen LogP contribution in [0.5, 0.6) is 0 Å². The minimum atomic E-state index is -0.830. The molecule has 6 nitrogen and oxygen atoms in total. The van der Waals surface area contributed by atoms with Gasteiger partial charge in [-0.2, -0.15) is 0 Å². The fourth-order valence-electron chi connectivity index (χ4n) is 3.59. The van der Waals surface area contributed by atoms with Crippen molar-refractivity contribution in [3.8, 4) is 0 Å². The van der Waals surface area contributed by atoms with Gasteiger partial charge in [0.05, 0.1) is 5.91 Å². The molecule has 0 atom stereocenters. The Bertz CT molecular complexity index is 892. The first-order valence-electron chi connectivity index (χ1n) is 10.2. The molecule has 1 aliphatic heterocycles. The molecule has 1 amide bonds. The Hall–Kier alpha value is -2.02. The van der Waals surface area contributed by atoms with E-state index in [2.05, 4.69) is 23.5 Å². The number of carboxylic acids is 1. The summed E-state index contributed by atoms with van der Waals surface area (Å²) in [6, 6.07) is 16.2. The zero-order valence-electron chi connectivity index (χ0n) is 17.5. The molecular formula is C24H27N2O4Y-. The summed E-state index contributed by atoms with van der Waals surface area (Å²) in [5.41, 5.74) is 4.29. The summed E-state index contributed by atoms with van der Waals surface area (Å²) >= 11 is 0. The number of carboxylic acid groups (broad SMARTS) is 1. The summed E-state index contributed by atoms with van der Waals surface area (Å²) in [6.45, 7) is 2.81. The molecule has 2 aromatic carbocycles. The van der Waals surface area contributed by atoms with E-state index in [1.54, 1.807) is 4.90 Å². The number of carbonyl (C=O) groups is 3. The number of benzene rings is 2. The third-order valence-corrected chi connectivity index (χ3v) is 5.28. The quantitative estimate of drug-likeness (QED) is 0.522. The monoisotopic (exact) mass is 496 g/mol.